The molecule has 7 nitrogen and oxygen atoms in total. The van der Waals surface area contributed by atoms with Crippen LogP contribution in [0.15, 0.2) is 12.1 Å². The van der Waals surface area contributed by atoms with E-state index >= 15 is 0 Å². The van der Waals surface area contributed by atoms with Crippen LogP contribution in [0.1, 0.15) is 12.8 Å². The third kappa shape index (κ3) is 1.81. The lowest BCUT2D eigenvalue weighted by atomic mass is 10.1. The predicted molar refractivity (Wildman–Crippen MR) is 55.1 cm³/mol. The number of hydrogen-bond donors (Lipinski definition) is 1. The maximum atomic E-state index is 5.74. The Bertz CT molecular complexity index is 478. The van der Waals surface area contributed by atoms with Crippen molar-refractivity contribution in [2.24, 2.45) is 0 Å². The molecule has 1 aliphatic heterocycles. The first kappa shape index (κ1) is 9.46. The predicted octanol–water partition coefficient (Wildman–Crippen LogP) is -0.350. The van der Waals surface area contributed by atoms with Gasteiger partial charge in [0.25, 0.3) is 0 Å². The van der Waals surface area contributed by atoms with E-state index in [9.17, 15) is 0 Å². The molecular weight excluding hydrogens is 208 g/mol. The number of piperidine rings is 1. The van der Waals surface area contributed by atoms with Crippen molar-refractivity contribution in [3.63, 3.8) is 0 Å². The SMILES string of the molecule is c1cc2nnnn2nc1OC1CCCNC1. The van der Waals surface area contributed by atoms with Gasteiger partial charge in [0.2, 0.25) is 5.88 Å². The van der Waals surface area contributed by atoms with Gasteiger partial charge in [0.05, 0.1) is 0 Å². The van der Waals surface area contributed by atoms with Gasteiger partial charge in [-0.2, -0.15) is 0 Å². The van der Waals surface area contributed by atoms with E-state index in [-0.39, 0.29) is 6.10 Å². The molecule has 0 bridgehead atoms. The minimum Gasteiger partial charge on any atom is -0.472 e. The molecule has 1 N–H and O–H groups in total. The van der Waals surface area contributed by atoms with Crippen LogP contribution in [0.2, 0.25) is 0 Å². The summed E-state index contributed by atoms with van der Waals surface area (Å²) in [5, 5.41) is 18.5. The Hall–Kier alpha value is -1.76. The van der Waals surface area contributed by atoms with Gasteiger partial charge in [-0.1, -0.05) is 0 Å². The highest BCUT2D eigenvalue weighted by Gasteiger charge is 2.15. The fourth-order valence-corrected chi connectivity index (χ4v) is 1.79. The molecular formula is C9H12N6O. The molecule has 3 rings (SSSR count). The largest absolute Gasteiger partial charge is 0.472 e. The summed E-state index contributed by atoms with van der Waals surface area (Å²) in [6.07, 6.45) is 2.38. The molecule has 1 aliphatic rings. The van der Waals surface area contributed by atoms with Crippen molar-refractivity contribution in [2.75, 3.05) is 13.1 Å². The molecule has 0 amide bonds. The molecule has 7 heteroatoms. The zero-order valence-corrected chi connectivity index (χ0v) is 8.70. The number of tetrazole rings is 1. The summed E-state index contributed by atoms with van der Waals surface area (Å²) in [7, 11) is 0. The molecule has 0 aliphatic carbocycles. The number of ether oxygens (including phenoxy) is 1. The molecule has 1 atom stereocenters. The lowest BCUT2D eigenvalue weighted by Gasteiger charge is -2.22. The van der Waals surface area contributed by atoms with E-state index in [1.807, 2.05) is 0 Å². The van der Waals surface area contributed by atoms with Gasteiger partial charge in [0, 0.05) is 12.6 Å². The second-order valence-electron chi connectivity index (χ2n) is 3.78. The summed E-state index contributed by atoms with van der Waals surface area (Å²) in [6.45, 7) is 1.94. The summed E-state index contributed by atoms with van der Waals surface area (Å²) in [5.74, 6) is 0.563. The van der Waals surface area contributed by atoms with E-state index in [0.717, 1.165) is 25.9 Å². The quantitative estimate of drug-likeness (QED) is 0.745. The second-order valence-corrected chi connectivity index (χ2v) is 3.78. The van der Waals surface area contributed by atoms with Gasteiger partial charge in [0.1, 0.15) is 6.10 Å². The normalized spacial score (nSPS) is 21.1. The second kappa shape index (κ2) is 4.01. The average Bonchev–Trinajstić information content (AvgIpc) is 2.77. The van der Waals surface area contributed by atoms with Gasteiger partial charge in [-0.05, 0) is 35.9 Å². The standard InChI is InChI=1S/C9H12N6O/c1-2-7(6-10-5-1)16-9-4-3-8-11-13-14-15(8)12-9/h3-4,7,10H,1-2,5-6H2. The van der Waals surface area contributed by atoms with Crippen LogP contribution in [0.4, 0.5) is 0 Å². The van der Waals surface area contributed by atoms with Crippen molar-refractivity contribution in [3.05, 3.63) is 12.1 Å². The minimum atomic E-state index is 0.190. The number of aromatic nitrogens is 5. The van der Waals surface area contributed by atoms with Crippen molar-refractivity contribution in [3.8, 4) is 5.88 Å². The number of nitrogens with one attached hydrogen (secondary N) is 1. The molecule has 2 aromatic heterocycles. The Balaban J connectivity index is 1.77. The topological polar surface area (TPSA) is 77.2 Å². The lowest BCUT2D eigenvalue weighted by molar-refractivity contribution is 0.158. The lowest BCUT2D eigenvalue weighted by Crippen LogP contribution is -2.37. The molecule has 1 saturated heterocycles. The van der Waals surface area contributed by atoms with Crippen molar-refractivity contribution in [1.29, 1.82) is 0 Å². The van der Waals surface area contributed by atoms with Crippen LogP contribution >= 0.6 is 0 Å². The van der Waals surface area contributed by atoms with E-state index < -0.39 is 0 Å². The third-order valence-corrected chi connectivity index (χ3v) is 2.58. The van der Waals surface area contributed by atoms with E-state index in [0.29, 0.717) is 11.5 Å². The number of rotatable bonds is 2. The zero-order valence-electron chi connectivity index (χ0n) is 8.70. The molecule has 0 saturated carbocycles. The van der Waals surface area contributed by atoms with Crippen molar-refractivity contribution in [2.45, 2.75) is 18.9 Å². The maximum absolute atomic E-state index is 5.74. The molecule has 3 heterocycles. The molecule has 84 valence electrons. The first-order chi connectivity index (χ1) is 7.92. The van der Waals surface area contributed by atoms with E-state index in [1.165, 1.54) is 4.63 Å². The highest BCUT2D eigenvalue weighted by atomic mass is 16.5. The van der Waals surface area contributed by atoms with Crippen LogP contribution in [0.25, 0.3) is 5.65 Å². The van der Waals surface area contributed by atoms with Crippen LogP contribution in [-0.2, 0) is 0 Å². The van der Waals surface area contributed by atoms with Gasteiger partial charge >= 0.3 is 0 Å². The van der Waals surface area contributed by atoms with E-state index in [2.05, 4.69) is 25.9 Å². The molecule has 1 fully saturated rings. The summed E-state index contributed by atoms with van der Waals surface area (Å²) >= 11 is 0. The van der Waals surface area contributed by atoms with E-state index in [1.54, 1.807) is 12.1 Å². The highest BCUT2D eigenvalue weighted by molar-refractivity contribution is 5.34. The summed E-state index contributed by atoms with van der Waals surface area (Å²) in [5.41, 5.74) is 0.620. The molecule has 0 aromatic carbocycles. The first-order valence-corrected chi connectivity index (χ1v) is 5.34. The maximum Gasteiger partial charge on any atom is 0.233 e. The smallest absolute Gasteiger partial charge is 0.233 e. The Morgan fingerprint density at radius 3 is 3.31 bits per heavy atom. The first-order valence-electron chi connectivity index (χ1n) is 5.34. The van der Waals surface area contributed by atoms with Crippen LogP contribution in [0.3, 0.4) is 0 Å². The highest BCUT2D eigenvalue weighted by Crippen LogP contribution is 2.12. The van der Waals surface area contributed by atoms with E-state index in [4.69, 9.17) is 4.74 Å². The Morgan fingerprint density at radius 2 is 2.44 bits per heavy atom. The van der Waals surface area contributed by atoms with Crippen LogP contribution in [-0.4, -0.2) is 44.4 Å². The summed E-state index contributed by atoms with van der Waals surface area (Å²) < 4.78 is 7.11. The van der Waals surface area contributed by atoms with Crippen LogP contribution in [0.5, 0.6) is 5.88 Å². The van der Waals surface area contributed by atoms with Gasteiger partial charge in [-0.15, -0.1) is 14.8 Å². The third-order valence-electron chi connectivity index (χ3n) is 2.58. The monoisotopic (exact) mass is 220 g/mol. The summed E-state index contributed by atoms with van der Waals surface area (Å²) in [4.78, 5) is 0. The minimum absolute atomic E-state index is 0.190. The number of nitrogens with zero attached hydrogens (tertiary/aromatic N) is 5. The van der Waals surface area contributed by atoms with Gasteiger partial charge in [0.15, 0.2) is 5.65 Å². The fraction of sp³-hybridized carbons (Fsp3) is 0.556. The Morgan fingerprint density at radius 1 is 1.44 bits per heavy atom. The Labute approximate surface area is 91.8 Å². The summed E-state index contributed by atoms with van der Waals surface area (Å²) in [6, 6.07) is 3.58. The molecule has 0 radical (unpaired) electrons. The fourth-order valence-electron chi connectivity index (χ4n) is 1.79. The van der Waals surface area contributed by atoms with Gasteiger partial charge in [-0.3, -0.25) is 0 Å². The van der Waals surface area contributed by atoms with Gasteiger partial charge in [-0.25, -0.2) is 0 Å². The van der Waals surface area contributed by atoms with Crippen molar-refractivity contribution in [1.82, 2.24) is 30.6 Å². The number of hydrogen-bond acceptors (Lipinski definition) is 6. The van der Waals surface area contributed by atoms with Crippen molar-refractivity contribution >= 4 is 5.65 Å². The zero-order chi connectivity index (χ0) is 10.8. The molecule has 2 aromatic rings. The molecule has 0 spiro atoms. The number of fused-ring (bicyclic) bond motifs is 1. The molecule has 16 heavy (non-hydrogen) atoms. The van der Waals surface area contributed by atoms with Crippen LogP contribution < -0.4 is 10.1 Å². The van der Waals surface area contributed by atoms with Crippen LogP contribution in [0, 0.1) is 0 Å². The van der Waals surface area contributed by atoms with Gasteiger partial charge < -0.3 is 10.1 Å². The average molecular weight is 220 g/mol. The Kier molecular flexibility index (Phi) is 2.37. The molecule has 1 unspecified atom stereocenters. The van der Waals surface area contributed by atoms with Crippen molar-refractivity contribution < 1.29 is 4.74 Å².